The number of nitrogens with one attached hydrogen (secondary N) is 2. The zero-order valence-corrected chi connectivity index (χ0v) is 12.3. The summed E-state index contributed by atoms with van der Waals surface area (Å²) in [5.74, 6) is 4.58. The highest BCUT2D eigenvalue weighted by molar-refractivity contribution is 6.00. The van der Waals surface area contributed by atoms with Crippen molar-refractivity contribution in [3.8, 4) is 0 Å². The van der Waals surface area contributed by atoms with Crippen LogP contribution in [-0.4, -0.2) is 12.5 Å². The fourth-order valence-corrected chi connectivity index (χ4v) is 1.67. The van der Waals surface area contributed by atoms with Gasteiger partial charge >= 0.3 is 6.18 Å². The second-order valence-electron chi connectivity index (χ2n) is 5.57. The summed E-state index contributed by atoms with van der Waals surface area (Å²) in [6.07, 6.45) is -3.75. The minimum Gasteiger partial charge on any atom is -0.351 e. The lowest BCUT2D eigenvalue weighted by Crippen LogP contribution is -2.34. The molecule has 0 fully saturated rings. The van der Waals surface area contributed by atoms with Crippen LogP contribution in [0.25, 0.3) is 0 Å². The Kier molecular flexibility index (Phi) is 5.22. The van der Waals surface area contributed by atoms with E-state index in [4.69, 9.17) is 5.84 Å². The minimum absolute atomic E-state index is 0.126. The van der Waals surface area contributed by atoms with E-state index in [-0.39, 0.29) is 11.0 Å². The lowest BCUT2D eigenvalue weighted by molar-refractivity contribution is -0.137. The highest BCUT2D eigenvalue weighted by Crippen LogP contribution is 2.36. The van der Waals surface area contributed by atoms with Gasteiger partial charge in [-0.2, -0.15) is 13.2 Å². The number of anilines is 1. The standard InChI is InChI=1S/C14H20F3N3O/c1-4-13(2,3)8-19-12(21)9-6-5-7-10(11(9)20-18)14(15,16)17/h5-7,20H,4,8,18H2,1-3H3,(H,19,21). The molecule has 1 rings (SSSR count). The molecule has 1 aromatic rings. The fraction of sp³-hybridized carbons (Fsp3) is 0.500. The van der Waals surface area contributed by atoms with Gasteiger partial charge in [0.25, 0.3) is 5.91 Å². The van der Waals surface area contributed by atoms with Gasteiger partial charge in [0, 0.05) is 6.54 Å². The zero-order valence-electron chi connectivity index (χ0n) is 12.3. The lowest BCUT2D eigenvalue weighted by atomic mass is 9.90. The average Bonchev–Trinajstić information content (AvgIpc) is 2.43. The number of hydrogen-bond acceptors (Lipinski definition) is 3. The summed E-state index contributed by atoms with van der Waals surface area (Å²) in [6.45, 7) is 6.26. The summed E-state index contributed by atoms with van der Waals surface area (Å²) in [5, 5.41) is 2.64. The van der Waals surface area contributed by atoms with E-state index in [0.29, 0.717) is 6.54 Å². The molecule has 118 valence electrons. The number of rotatable bonds is 5. The van der Waals surface area contributed by atoms with Crippen LogP contribution in [0.15, 0.2) is 18.2 Å². The number of hydrogen-bond donors (Lipinski definition) is 3. The van der Waals surface area contributed by atoms with E-state index in [1.807, 2.05) is 26.2 Å². The second kappa shape index (κ2) is 6.34. The molecule has 0 saturated carbocycles. The van der Waals surface area contributed by atoms with Gasteiger partial charge in [0.1, 0.15) is 0 Å². The van der Waals surface area contributed by atoms with E-state index in [9.17, 15) is 18.0 Å². The van der Waals surface area contributed by atoms with Gasteiger partial charge < -0.3 is 10.7 Å². The van der Waals surface area contributed by atoms with Crippen molar-refractivity contribution in [2.45, 2.75) is 33.4 Å². The highest BCUT2D eigenvalue weighted by atomic mass is 19.4. The summed E-state index contributed by atoms with van der Waals surface area (Å²) in [4.78, 5) is 12.1. The quantitative estimate of drug-likeness (QED) is 0.578. The van der Waals surface area contributed by atoms with Crippen molar-refractivity contribution >= 4 is 11.6 Å². The Morgan fingerprint density at radius 2 is 1.90 bits per heavy atom. The maximum absolute atomic E-state index is 12.9. The van der Waals surface area contributed by atoms with E-state index in [1.54, 1.807) is 0 Å². The van der Waals surface area contributed by atoms with Crippen LogP contribution in [0.2, 0.25) is 0 Å². The van der Waals surface area contributed by atoms with Crippen LogP contribution >= 0.6 is 0 Å². The molecule has 0 heterocycles. The molecule has 0 aliphatic carbocycles. The maximum atomic E-state index is 12.9. The van der Waals surface area contributed by atoms with Crippen molar-refractivity contribution < 1.29 is 18.0 Å². The fourth-order valence-electron chi connectivity index (χ4n) is 1.67. The number of hydrazine groups is 1. The molecule has 0 aliphatic heterocycles. The first-order chi connectivity index (χ1) is 9.62. The first-order valence-electron chi connectivity index (χ1n) is 6.57. The largest absolute Gasteiger partial charge is 0.418 e. The molecule has 1 aromatic carbocycles. The van der Waals surface area contributed by atoms with Gasteiger partial charge in [-0.3, -0.25) is 10.6 Å². The van der Waals surface area contributed by atoms with Crippen LogP contribution in [0.4, 0.5) is 18.9 Å². The Labute approximate surface area is 121 Å². The normalized spacial score (nSPS) is 12.1. The molecule has 0 aromatic heterocycles. The summed E-state index contributed by atoms with van der Waals surface area (Å²) in [5.41, 5.74) is 0.340. The molecule has 4 N–H and O–H groups in total. The zero-order chi connectivity index (χ0) is 16.3. The molecule has 0 bridgehead atoms. The number of benzene rings is 1. The molecular weight excluding hydrogens is 283 g/mol. The molecule has 21 heavy (non-hydrogen) atoms. The van der Waals surface area contributed by atoms with Crippen molar-refractivity contribution in [3.05, 3.63) is 29.3 Å². The summed E-state index contributed by atoms with van der Waals surface area (Å²) < 4.78 is 38.6. The van der Waals surface area contributed by atoms with Crippen molar-refractivity contribution in [1.82, 2.24) is 5.32 Å². The number of halogens is 3. The Morgan fingerprint density at radius 1 is 1.29 bits per heavy atom. The third-order valence-corrected chi connectivity index (χ3v) is 3.44. The van der Waals surface area contributed by atoms with Crippen LogP contribution < -0.4 is 16.6 Å². The second-order valence-corrected chi connectivity index (χ2v) is 5.57. The molecule has 0 unspecified atom stereocenters. The number of para-hydroxylation sites is 1. The molecular formula is C14H20F3N3O. The molecule has 0 saturated heterocycles. The predicted octanol–water partition coefficient (Wildman–Crippen LogP) is 3.16. The van der Waals surface area contributed by atoms with Gasteiger partial charge in [0.15, 0.2) is 0 Å². The van der Waals surface area contributed by atoms with E-state index in [0.717, 1.165) is 12.5 Å². The predicted molar refractivity (Wildman–Crippen MR) is 75.7 cm³/mol. The first kappa shape index (κ1) is 17.3. The van der Waals surface area contributed by atoms with E-state index in [1.165, 1.54) is 12.1 Å². The third kappa shape index (κ3) is 4.35. The van der Waals surface area contributed by atoms with Gasteiger partial charge in [-0.25, -0.2) is 0 Å². The van der Waals surface area contributed by atoms with Crippen LogP contribution in [0, 0.1) is 5.41 Å². The Balaban J connectivity index is 3.05. The minimum atomic E-state index is -4.58. The first-order valence-corrected chi connectivity index (χ1v) is 6.57. The lowest BCUT2D eigenvalue weighted by Gasteiger charge is -2.23. The maximum Gasteiger partial charge on any atom is 0.418 e. The topological polar surface area (TPSA) is 67.2 Å². The van der Waals surface area contributed by atoms with Crippen LogP contribution in [0.3, 0.4) is 0 Å². The monoisotopic (exact) mass is 303 g/mol. The number of alkyl halides is 3. The van der Waals surface area contributed by atoms with E-state index >= 15 is 0 Å². The van der Waals surface area contributed by atoms with E-state index < -0.39 is 23.3 Å². The van der Waals surface area contributed by atoms with E-state index in [2.05, 4.69) is 5.32 Å². The van der Waals surface area contributed by atoms with Crippen molar-refractivity contribution in [1.29, 1.82) is 0 Å². The number of carbonyl (C=O) groups is 1. The molecule has 1 amide bonds. The smallest absolute Gasteiger partial charge is 0.351 e. The van der Waals surface area contributed by atoms with Crippen molar-refractivity contribution in [2.24, 2.45) is 11.3 Å². The van der Waals surface area contributed by atoms with Crippen LogP contribution in [0.5, 0.6) is 0 Å². The number of nitrogen functional groups attached to an aromatic ring is 1. The molecule has 0 spiro atoms. The molecule has 7 heteroatoms. The van der Waals surface area contributed by atoms with Gasteiger partial charge in [0.2, 0.25) is 0 Å². The molecule has 0 radical (unpaired) electrons. The Morgan fingerprint density at radius 3 is 2.38 bits per heavy atom. The third-order valence-electron chi connectivity index (χ3n) is 3.44. The number of nitrogens with two attached hydrogens (primary N) is 1. The molecule has 0 aliphatic rings. The van der Waals surface area contributed by atoms with Gasteiger partial charge in [-0.15, -0.1) is 0 Å². The SMILES string of the molecule is CCC(C)(C)CNC(=O)c1cccc(C(F)(F)F)c1NN. The van der Waals surface area contributed by atoms with Crippen LogP contribution in [-0.2, 0) is 6.18 Å². The summed E-state index contributed by atoms with van der Waals surface area (Å²) in [6, 6.07) is 3.37. The van der Waals surface area contributed by atoms with Gasteiger partial charge in [0.05, 0.1) is 16.8 Å². The summed E-state index contributed by atoms with van der Waals surface area (Å²) >= 11 is 0. The van der Waals surface area contributed by atoms with Crippen molar-refractivity contribution in [2.75, 3.05) is 12.0 Å². The van der Waals surface area contributed by atoms with Crippen molar-refractivity contribution in [3.63, 3.8) is 0 Å². The summed E-state index contributed by atoms with van der Waals surface area (Å²) in [7, 11) is 0. The van der Waals surface area contributed by atoms with Gasteiger partial charge in [-0.05, 0) is 24.0 Å². The molecule has 0 atom stereocenters. The number of amides is 1. The van der Waals surface area contributed by atoms with Crippen LogP contribution in [0.1, 0.15) is 43.1 Å². The highest BCUT2D eigenvalue weighted by Gasteiger charge is 2.35. The molecule has 4 nitrogen and oxygen atoms in total. The van der Waals surface area contributed by atoms with Gasteiger partial charge in [-0.1, -0.05) is 26.8 Å². The average molecular weight is 303 g/mol. The number of carbonyl (C=O) groups excluding carboxylic acids is 1. The Hall–Kier alpha value is -1.76. The Bertz CT molecular complexity index is 513.